The van der Waals surface area contributed by atoms with Crippen LogP contribution in [0.2, 0.25) is 0 Å². The topological polar surface area (TPSA) is 9.23 Å². The van der Waals surface area contributed by atoms with Gasteiger partial charge in [-0.05, 0) is 12.5 Å². The number of ether oxygens (including phenoxy) is 1. The van der Waals surface area contributed by atoms with E-state index in [4.69, 9.17) is 4.74 Å². The van der Waals surface area contributed by atoms with Crippen molar-refractivity contribution in [2.75, 3.05) is 6.61 Å². The van der Waals surface area contributed by atoms with Crippen LogP contribution in [0.4, 0.5) is 8.78 Å². The summed E-state index contributed by atoms with van der Waals surface area (Å²) < 4.78 is 31.6. The Balaban J connectivity index is 2.27. The Kier molecular flexibility index (Phi) is 2.27. The van der Waals surface area contributed by atoms with Crippen LogP contribution < -0.4 is 0 Å². The van der Waals surface area contributed by atoms with E-state index >= 15 is 0 Å². The summed E-state index contributed by atoms with van der Waals surface area (Å²) in [5.74, 6) is -2.71. The summed E-state index contributed by atoms with van der Waals surface area (Å²) >= 11 is 0. The molecule has 1 aliphatic heterocycles. The van der Waals surface area contributed by atoms with Crippen LogP contribution >= 0.6 is 0 Å². The minimum Gasteiger partial charge on any atom is -0.367 e. The molecular formula is C11H12F2O. The van der Waals surface area contributed by atoms with Crippen molar-refractivity contribution in [3.05, 3.63) is 35.4 Å². The Morgan fingerprint density at radius 1 is 1.29 bits per heavy atom. The first-order valence-corrected chi connectivity index (χ1v) is 4.65. The molecule has 1 saturated heterocycles. The molecular weight excluding hydrogens is 186 g/mol. The summed E-state index contributed by atoms with van der Waals surface area (Å²) in [7, 11) is 0. The highest BCUT2D eigenvalue weighted by atomic mass is 19.3. The fraction of sp³-hybridized carbons (Fsp3) is 0.455. The first kappa shape index (κ1) is 9.59. The maximum atomic E-state index is 13.3. The van der Waals surface area contributed by atoms with Gasteiger partial charge in [0.05, 0.1) is 6.61 Å². The van der Waals surface area contributed by atoms with E-state index in [1.54, 1.807) is 12.1 Å². The third-order valence-corrected chi connectivity index (χ3v) is 2.48. The van der Waals surface area contributed by atoms with Crippen LogP contribution in [-0.4, -0.2) is 12.5 Å². The number of hydrogen-bond acceptors (Lipinski definition) is 1. The smallest absolute Gasteiger partial charge is 0.280 e. The van der Waals surface area contributed by atoms with Crippen molar-refractivity contribution in [3.8, 4) is 0 Å². The van der Waals surface area contributed by atoms with Crippen molar-refractivity contribution in [2.24, 2.45) is 0 Å². The van der Waals surface area contributed by atoms with Gasteiger partial charge < -0.3 is 4.74 Å². The van der Waals surface area contributed by atoms with Crippen LogP contribution in [0, 0.1) is 6.92 Å². The number of alkyl halides is 2. The minimum atomic E-state index is -2.71. The molecule has 0 N–H and O–H groups in total. The number of halogens is 2. The van der Waals surface area contributed by atoms with Crippen molar-refractivity contribution in [1.29, 1.82) is 0 Å². The monoisotopic (exact) mass is 198 g/mol. The van der Waals surface area contributed by atoms with Gasteiger partial charge in [0.1, 0.15) is 6.10 Å². The molecule has 1 aliphatic rings. The van der Waals surface area contributed by atoms with E-state index < -0.39 is 12.0 Å². The predicted molar refractivity (Wildman–Crippen MR) is 49.4 cm³/mol. The lowest BCUT2D eigenvalue weighted by atomic mass is 10.0. The van der Waals surface area contributed by atoms with Crippen LogP contribution in [0.1, 0.15) is 23.7 Å². The Hall–Kier alpha value is -0.960. The van der Waals surface area contributed by atoms with E-state index in [2.05, 4.69) is 0 Å². The highest BCUT2D eigenvalue weighted by Crippen LogP contribution is 2.42. The molecule has 0 radical (unpaired) electrons. The fourth-order valence-corrected chi connectivity index (χ4v) is 1.65. The largest absolute Gasteiger partial charge is 0.367 e. The lowest BCUT2D eigenvalue weighted by molar-refractivity contribution is -0.0698. The van der Waals surface area contributed by atoms with Gasteiger partial charge in [0.25, 0.3) is 5.92 Å². The molecule has 0 spiro atoms. The Labute approximate surface area is 81.7 Å². The molecule has 1 heterocycles. The van der Waals surface area contributed by atoms with Gasteiger partial charge >= 0.3 is 0 Å². The zero-order valence-electron chi connectivity index (χ0n) is 7.97. The van der Waals surface area contributed by atoms with Crippen LogP contribution in [0.15, 0.2) is 24.3 Å². The van der Waals surface area contributed by atoms with Crippen molar-refractivity contribution >= 4 is 0 Å². The first-order valence-electron chi connectivity index (χ1n) is 4.65. The summed E-state index contributed by atoms with van der Waals surface area (Å²) in [6, 6.07) is 7.07. The molecule has 1 aromatic carbocycles. The van der Waals surface area contributed by atoms with E-state index in [0.29, 0.717) is 5.56 Å². The van der Waals surface area contributed by atoms with Crippen LogP contribution in [0.3, 0.4) is 0 Å². The molecule has 76 valence electrons. The standard InChI is InChI=1S/C11H12F2O/c1-8-2-4-9(5-3-8)10-11(12,13)6-7-14-10/h2-5,10H,6-7H2,1H3. The van der Waals surface area contributed by atoms with Crippen molar-refractivity contribution in [3.63, 3.8) is 0 Å². The van der Waals surface area contributed by atoms with E-state index in [1.165, 1.54) is 0 Å². The molecule has 14 heavy (non-hydrogen) atoms. The van der Waals surface area contributed by atoms with Gasteiger partial charge in [0, 0.05) is 6.42 Å². The second-order valence-corrected chi connectivity index (χ2v) is 3.67. The SMILES string of the molecule is Cc1ccc(C2OCCC2(F)F)cc1. The molecule has 1 fully saturated rings. The molecule has 1 atom stereocenters. The van der Waals surface area contributed by atoms with Crippen LogP contribution in [0.5, 0.6) is 0 Å². The maximum absolute atomic E-state index is 13.3. The molecule has 1 aromatic rings. The Morgan fingerprint density at radius 2 is 1.93 bits per heavy atom. The summed E-state index contributed by atoms with van der Waals surface area (Å²) in [6.07, 6.45) is -1.23. The van der Waals surface area contributed by atoms with E-state index in [9.17, 15) is 8.78 Å². The Bertz CT molecular complexity index is 319. The van der Waals surface area contributed by atoms with Gasteiger partial charge in [0.15, 0.2) is 0 Å². The highest BCUT2D eigenvalue weighted by molar-refractivity contribution is 5.25. The zero-order valence-corrected chi connectivity index (χ0v) is 7.97. The third kappa shape index (κ3) is 1.64. The lowest BCUT2D eigenvalue weighted by Gasteiger charge is -2.17. The predicted octanol–water partition coefficient (Wildman–Crippen LogP) is 3.09. The molecule has 3 heteroatoms. The molecule has 0 aliphatic carbocycles. The van der Waals surface area contributed by atoms with Crippen molar-refractivity contribution in [1.82, 2.24) is 0 Å². The molecule has 1 unspecified atom stereocenters. The van der Waals surface area contributed by atoms with Gasteiger partial charge in [-0.15, -0.1) is 0 Å². The van der Waals surface area contributed by atoms with E-state index in [-0.39, 0.29) is 13.0 Å². The van der Waals surface area contributed by atoms with Crippen LogP contribution in [-0.2, 0) is 4.74 Å². The number of hydrogen-bond donors (Lipinski definition) is 0. The number of rotatable bonds is 1. The summed E-state index contributed by atoms with van der Waals surface area (Å²) in [5, 5.41) is 0. The minimum absolute atomic E-state index is 0.144. The van der Waals surface area contributed by atoms with E-state index in [0.717, 1.165) is 5.56 Å². The number of aryl methyl sites for hydroxylation is 1. The molecule has 2 rings (SSSR count). The first-order chi connectivity index (χ1) is 6.59. The second-order valence-electron chi connectivity index (χ2n) is 3.67. The molecule has 0 bridgehead atoms. The van der Waals surface area contributed by atoms with E-state index in [1.807, 2.05) is 19.1 Å². The normalized spacial score (nSPS) is 25.2. The van der Waals surface area contributed by atoms with Gasteiger partial charge in [0.2, 0.25) is 0 Å². The fourth-order valence-electron chi connectivity index (χ4n) is 1.65. The lowest BCUT2D eigenvalue weighted by Crippen LogP contribution is -2.20. The third-order valence-electron chi connectivity index (χ3n) is 2.48. The average Bonchev–Trinajstić information content (AvgIpc) is 2.47. The van der Waals surface area contributed by atoms with Crippen molar-refractivity contribution in [2.45, 2.75) is 25.4 Å². The quantitative estimate of drug-likeness (QED) is 0.673. The molecule has 0 saturated carbocycles. The molecule has 1 nitrogen and oxygen atoms in total. The zero-order chi connectivity index (χ0) is 10.2. The highest BCUT2D eigenvalue weighted by Gasteiger charge is 2.45. The summed E-state index contributed by atoms with van der Waals surface area (Å²) in [4.78, 5) is 0. The summed E-state index contributed by atoms with van der Waals surface area (Å²) in [6.45, 7) is 2.07. The average molecular weight is 198 g/mol. The molecule has 0 amide bonds. The van der Waals surface area contributed by atoms with Gasteiger partial charge in [-0.3, -0.25) is 0 Å². The maximum Gasteiger partial charge on any atom is 0.280 e. The van der Waals surface area contributed by atoms with Crippen molar-refractivity contribution < 1.29 is 13.5 Å². The van der Waals surface area contributed by atoms with Gasteiger partial charge in [-0.25, -0.2) is 8.78 Å². The summed E-state index contributed by atoms with van der Waals surface area (Å²) in [5.41, 5.74) is 1.63. The Morgan fingerprint density at radius 3 is 2.43 bits per heavy atom. The second kappa shape index (κ2) is 3.31. The molecule has 0 aromatic heterocycles. The van der Waals surface area contributed by atoms with Gasteiger partial charge in [-0.2, -0.15) is 0 Å². The van der Waals surface area contributed by atoms with Gasteiger partial charge in [-0.1, -0.05) is 29.8 Å². The van der Waals surface area contributed by atoms with Crippen LogP contribution in [0.25, 0.3) is 0 Å². The number of benzene rings is 1.